The number of aryl methyl sites for hydroxylation is 1. The number of fused-ring (bicyclic) bond motifs is 1. The molecule has 1 aliphatic rings. The second-order valence-corrected chi connectivity index (χ2v) is 7.89. The summed E-state index contributed by atoms with van der Waals surface area (Å²) < 4.78 is 7.25. The van der Waals surface area contributed by atoms with E-state index < -0.39 is 0 Å². The molecule has 2 heterocycles. The number of hydrogen-bond acceptors (Lipinski definition) is 4. The minimum absolute atomic E-state index is 0.129. The zero-order valence-corrected chi connectivity index (χ0v) is 17.6. The number of methoxy groups -OCH3 is 1. The first-order chi connectivity index (χ1) is 15.2. The molecule has 0 atom stereocenters. The second-order valence-electron chi connectivity index (χ2n) is 7.89. The predicted molar refractivity (Wildman–Crippen MR) is 120 cm³/mol. The lowest BCUT2D eigenvalue weighted by atomic mass is 10.1. The van der Waals surface area contributed by atoms with Crippen molar-refractivity contribution in [2.24, 2.45) is 0 Å². The van der Waals surface area contributed by atoms with Gasteiger partial charge in [-0.15, -0.1) is 0 Å². The van der Waals surface area contributed by atoms with E-state index in [1.165, 1.54) is 0 Å². The summed E-state index contributed by atoms with van der Waals surface area (Å²) in [4.78, 5) is 18.2. The molecule has 1 saturated carbocycles. The van der Waals surface area contributed by atoms with Gasteiger partial charge in [-0.3, -0.25) is 4.79 Å². The fraction of sp³-hybridized carbons (Fsp3) is 0.240. The number of carbonyl (C=O) groups is 1. The first-order valence-corrected chi connectivity index (χ1v) is 10.5. The summed E-state index contributed by atoms with van der Waals surface area (Å²) in [6.07, 6.45) is 2.22. The molecule has 0 saturated heterocycles. The molecule has 156 valence electrons. The molecule has 0 bridgehead atoms. The van der Waals surface area contributed by atoms with Crippen molar-refractivity contribution in [3.63, 3.8) is 0 Å². The third-order valence-electron chi connectivity index (χ3n) is 5.71. The molecule has 5 rings (SSSR count). The predicted octanol–water partition coefficient (Wildman–Crippen LogP) is 4.54. The molecule has 0 spiro atoms. The highest BCUT2D eigenvalue weighted by Gasteiger charge is 2.29. The fourth-order valence-corrected chi connectivity index (χ4v) is 3.94. The molecule has 1 fully saturated rings. The molecule has 1 N–H and O–H groups in total. The van der Waals surface area contributed by atoms with Crippen LogP contribution < -0.4 is 10.1 Å². The van der Waals surface area contributed by atoms with E-state index in [9.17, 15) is 4.79 Å². The maximum atomic E-state index is 13.3. The molecule has 31 heavy (non-hydrogen) atoms. The number of benzene rings is 2. The average molecular weight is 412 g/mol. The smallest absolute Gasteiger partial charge is 0.252 e. The van der Waals surface area contributed by atoms with E-state index in [0.717, 1.165) is 52.3 Å². The summed E-state index contributed by atoms with van der Waals surface area (Å²) in [5.74, 6) is 1.05. The normalized spacial score (nSPS) is 13.4. The maximum Gasteiger partial charge on any atom is 0.252 e. The van der Waals surface area contributed by atoms with E-state index in [-0.39, 0.29) is 5.91 Å². The van der Waals surface area contributed by atoms with Crippen LogP contribution in [0.2, 0.25) is 0 Å². The Labute approximate surface area is 180 Å². The quantitative estimate of drug-likeness (QED) is 0.505. The molecule has 0 radical (unpaired) electrons. The molecule has 6 heteroatoms. The molecule has 2 aromatic carbocycles. The second kappa shape index (κ2) is 7.87. The van der Waals surface area contributed by atoms with Gasteiger partial charge in [0.05, 0.1) is 29.4 Å². The van der Waals surface area contributed by atoms with Gasteiger partial charge in [0.25, 0.3) is 5.91 Å². The summed E-state index contributed by atoms with van der Waals surface area (Å²) >= 11 is 0. The molecule has 2 aromatic heterocycles. The molecule has 0 unspecified atom stereocenters. The van der Waals surface area contributed by atoms with Gasteiger partial charge in [0.1, 0.15) is 5.75 Å². The van der Waals surface area contributed by atoms with E-state index in [1.807, 2.05) is 72.3 Å². The van der Waals surface area contributed by atoms with Crippen molar-refractivity contribution >= 4 is 16.9 Å². The van der Waals surface area contributed by atoms with E-state index in [0.29, 0.717) is 18.0 Å². The van der Waals surface area contributed by atoms with Gasteiger partial charge in [-0.2, -0.15) is 5.10 Å². The van der Waals surface area contributed by atoms with Gasteiger partial charge in [0, 0.05) is 23.7 Å². The van der Waals surface area contributed by atoms with Crippen molar-refractivity contribution in [1.29, 1.82) is 0 Å². The van der Waals surface area contributed by atoms with Crippen molar-refractivity contribution < 1.29 is 9.53 Å². The number of nitrogens with one attached hydrogen (secondary N) is 1. The van der Waals surface area contributed by atoms with Crippen LogP contribution in [0.4, 0.5) is 0 Å². The number of carbonyl (C=O) groups excluding carboxylic acids is 1. The minimum atomic E-state index is -0.129. The fourth-order valence-electron chi connectivity index (χ4n) is 3.94. The van der Waals surface area contributed by atoms with Gasteiger partial charge in [-0.1, -0.05) is 36.4 Å². The van der Waals surface area contributed by atoms with Crippen LogP contribution in [0.25, 0.3) is 16.7 Å². The van der Waals surface area contributed by atoms with E-state index in [1.54, 1.807) is 7.11 Å². The number of pyridine rings is 1. The molecular formula is C25H24N4O2. The molecule has 4 aromatic rings. The first-order valence-electron chi connectivity index (χ1n) is 10.5. The molecule has 1 amide bonds. The summed E-state index contributed by atoms with van der Waals surface area (Å²) in [7, 11) is 1.64. The lowest BCUT2D eigenvalue weighted by Crippen LogP contribution is -2.23. The van der Waals surface area contributed by atoms with E-state index >= 15 is 0 Å². The van der Waals surface area contributed by atoms with E-state index in [4.69, 9.17) is 14.8 Å². The Morgan fingerprint density at radius 3 is 2.61 bits per heavy atom. The Bertz CT molecular complexity index is 1260. The average Bonchev–Trinajstić information content (AvgIpc) is 3.61. The third-order valence-corrected chi connectivity index (χ3v) is 5.71. The van der Waals surface area contributed by atoms with Crippen molar-refractivity contribution in [1.82, 2.24) is 20.1 Å². The maximum absolute atomic E-state index is 13.3. The Morgan fingerprint density at radius 2 is 1.87 bits per heavy atom. The molecule has 1 aliphatic carbocycles. The van der Waals surface area contributed by atoms with Crippen LogP contribution in [0.15, 0.2) is 60.7 Å². The molecule has 0 aliphatic heterocycles. The Morgan fingerprint density at radius 1 is 1.13 bits per heavy atom. The van der Waals surface area contributed by atoms with Gasteiger partial charge in [-0.05, 0) is 44.0 Å². The first kappa shape index (κ1) is 19.3. The lowest BCUT2D eigenvalue weighted by molar-refractivity contribution is 0.0952. The minimum Gasteiger partial charge on any atom is -0.496 e. The zero-order valence-electron chi connectivity index (χ0n) is 17.6. The van der Waals surface area contributed by atoms with Gasteiger partial charge in [0.2, 0.25) is 0 Å². The Balaban J connectivity index is 1.56. The van der Waals surface area contributed by atoms with Gasteiger partial charge in [-0.25, -0.2) is 9.67 Å². The molecular weight excluding hydrogens is 388 g/mol. The lowest BCUT2D eigenvalue weighted by Gasteiger charge is -2.11. The van der Waals surface area contributed by atoms with E-state index in [2.05, 4.69) is 5.32 Å². The highest BCUT2D eigenvalue weighted by molar-refractivity contribution is 6.06. The summed E-state index contributed by atoms with van der Waals surface area (Å²) in [6, 6.07) is 19.6. The summed E-state index contributed by atoms with van der Waals surface area (Å²) in [6.45, 7) is 2.31. The number of rotatable bonds is 6. The van der Waals surface area contributed by atoms with Gasteiger partial charge < -0.3 is 10.1 Å². The number of amides is 1. The number of hydrogen-bond donors (Lipinski definition) is 1. The van der Waals surface area contributed by atoms with Crippen LogP contribution in [-0.2, 0) is 6.54 Å². The summed E-state index contributed by atoms with van der Waals surface area (Å²) in [5, 5.41) is 8.58. The monoisotopic (exact) mass is 412 g/mol. The van der Waals surface area contributed by atoms with Gasteiger partial charge in [0.15, 0.2) is 5.65 Å². The SMILES string of the molecule is COc1ccccc1CNC(=O)c1cc(C2CC2)nc2c1c(C)nn2-c1ccccc1. The van der Waals surface area contributed by atoms with Crippen LogP contribution in [0.1, 0.15) is 46.1 Å². The summed E-state index contributed by atoms with van der Waals surface area (Å²) in [5.41, 5.74) is 4.98. The number of nitrogens with zero attached hydrogens (tertiary/aromatic N) is 3. The molecule has 6 nitrogen and oxygen atoms in total. The van der Waals surface area contributed by atoms with Gasteiger partial charge >= 0.3 is 0 Å². The number of aromatic nitrogens is 3. The Hall–Kier alpha value is -3.67. The van der Waals surface area contributed by atoms with Crippen molar-refractivity contribution in [2.45, 2.75) is 32.2 Å². The topological polar surface area (TPSA) is 69.0 Å². The van der Waals surface area contributed by atoms with Crippen molar-refractivity contribution in [3.8, 4) is 11.4 Å². The van der Waals surface area contributed by atoms with Crippen molar-refractivity contribution in [3.05, 3.63) is 83.2 Å². The highest BCUT2D eigenvalue weighted by atomic mass is 16.5. The van der Waals surface area contributed by atoms with Crippen LogP contribution in [0.5, 0.6) is 5.75 Å². The largest absolute Gasteiger partial charge is 0.496 e. The van der Waals surface area contributed by atoms with Crippen LogP contribution in [-0.4, -0.2) is 27.8 Å². The standard InChI is InChI=1S/C25H24N4O2/c1-16-23-20(25(30)26-15-18-8-6-7-11-22(18)31-2)14-21(17-12-13-17)27-24(23)29(28-16)19-9-4-3-5-10-19/h3-11,14,17H,12-13,15H2,1-2H3,(H,26,30). The van der Waals surface area contributed by atoms with Crippen LogP contribution >= 0.6 is 0 Å². The van der Waals surface area contributed by atoms with Crippen LogP contribution in [0, 0.1) is 6.92 Å². The zero-order chi connectivity index (χ0) is 21.4. The number of ether oxygens (including phenoxy) is 1. The van der Waals surface area contributed by atoms with Crippen molar-refractivity contribution in [2.75, 3.05) is 7.11 Å². The Kier molecular flexibility index (Phi) is 4.90. The highest BCUT2D eigenvalue weighted by Crippen LogP contribution is 2.40. The van der Waals surface area contributed by atoms with Crippen LogP contribution in [0.3, 0.4) is 0 Å². The number of para-hydroxylation sites is 2. The third kappa shape index (κ3) is 3.65.